The molecule has 0 aliphatic carbocycles. The van der Waals surface area contributed by atoms with Gasteiger partial charge in [0, 0.05) is 12.3 Å². The zero-order valence-electron chi connectivity index (χ0n) is 17.9. The van der Waals surface area contributed by atoms with E-state index in [1.807, 2.05) is 6.92 Å². The van der Waals surface area contributed by atoms with Gasteiger partial charge in [0.15, 0.2) is 0 Å². The average Bonchev–Trinajstić information content (AvgIpc) is 2.66. The molecular weight excluding hydrogens is 384 g/mol. The minimum Gasteiger partial charge on any atom is -0.378 e. The Labute approximate surface area is 171 Å². The first-order valence-electron chi connectivity index (χ1n) is 10.8. The highest BCUT2D eigenvalue weighted by Gasteiger charge is 2.16. The van der Waals surface area contributed by atoms with Gasteiger partial charge in [-0.2, -0.15) is 8.42 Å². The Balaban J connectivity index is 3.68. The van der Waals surface area contributed by atoms with Crippen molar-refractivity contribution < 1.29 is 31.4 Å². The van der Waals surface area contributed by atoms with Gasteiger partial charge in [-0.3, -0.25) is 4.79 Å². The molecule has 0 N–H and O–H groups in total. The number of hydrogen-bond acceptors (Lipinski definition) is 7. The molecule has 7 nitrogen and oxygen atoms in total. The van der Waals surface area contributed by atoms with Gasteiger partial charge in [-0.1, -0.05) is 69.5 Å². The van der Waals surface area contributed by atoms with Gasteiger partial charge in [-0.05, 0) is 19.8 Å². The molecule has 28 heavy (non-hydrogen) atoms. The van der Waals surface area contributed by atoms with Crippen LogP contribution in [0.1, 0.15) is 91.4 Å². The van der Waals surface area contributed by atoms with Gasteiger partial charge >= 0.3 is 10.4 Å². The van der Waals surface area contributed by atoms with Crippen LogP contribution in [0.5, 0.6) is 0 Å². The predicted molar refractivity (Wildman–Crippen MR) is 109 cm³/mol. The van der Waals surface area contributed by atoms with E-state index in [1.165, 1.54) is 51.9 Å². The Hall–Kier alpha value is -0.540. The van der Waals surface area contributed by atoms with Gasteiger partial charge in [-0.25, -0.2) is 9.07 Å². The molecule has 1 atom stereocenters. The Morgan fingerprint density at radius 2 is 1.46 bits per heavy atom. The summed E-state index contributed by atoms with van der Waals surface area (Å²) in [5, 5.41) is 0. The largest absolute Gasteiger partial charge is 0.426 e. The lowest BCUT2D eigenvalue weighted by Crippen LogP contribution is -2.21. The van der Waals surface area contributed by atoms with E-state index in [2.05, 4.69) is 20.3 Å². The zero-order valence-corrected chi connectivity index (χ0v) is 18.8. The van der Waals surface area contributed by atoms with Gasteiger partial charge in [0.25, 0.3) is 0 Å². The number of rotatable bonds is 21. The lowest BCUT2D eigenvalue weighted by molar-refractivity contribution is -0.218. The van der Waals surface area contributed by atoms with E-state index in [9.17, 15) is 13.2 Å². The van der Waals surface area contributed by atoms with Crippen LogP contribution in [0.2, 0.25) is 0 Å². The topological polar surface area (TPSA) is 88.1 Å². The molecule has 0 aromatic rings. The van der Waals surface area contributed by atoms with E-state index in [-0.39, 0.29) is 31.5 Å². The molecule has 0 spiro atoms. The number of hydrogen-bond donors (Lipinski definition) is 0. The molecule has 0 rings (SSSR count). The van der Waals surface area contributed by atoms with Gasteiger partial charge in [0.05, 0.1) is 19.8 Å². The fourth-order valence-corrected chi connectivity index (χ4v) is 3.34. The van der Waals surface area contributed by atoms with Crippen LogP contribution < -0.4 is 0 Å². The highest BCUT2D eigenvalue weighted by molar-refractivity contribution is 7.81. The highest BCUT2D eigenvalue weighted by Crippen LogP contribution is 2.14. The first kappa shape index (κ1) is 27.5. The Bertz CT molecular complexity index is 465. The number of carbonyl (C=O) groups excluding carboxylic acids is 1. The summed E-state index contributed by atoms with van der Waals surface area (Å²) < 4.78 is 36.1. The molecule has 0 aromatic carbocycles. The van der Waals surface area contributed by atoms with Crippen LogP contribution in [0, 0.1) is 5.92 Å². The fourth-order valence-electron chi connectivity index (χ4n) is 2.83. The molecule has 1 unspecified atom stereocenters. The Morgan fingerprint density at radius 1 is 0.857 bits per heavy atom. The van der Waals surface area contributed by atoms with Crippen LogP contribution in [0.15, 0.2) is 0 Å². The highest BCUT2D eigenvalue weighted by atomic mass is 32.3. The van der Waals surface area contributed by atoms with E-state index in [1.54, 1.807) is 0 Å². The molecule has 168 valence electrons. The number of Topliss-reactive ketones (excluding diaryl/α,β-unsaturated/α-hetero) is 1. The molecule has 0 radical (unpaired) electrons. The van der Waals surface area contributed by atoms with Crippen molar-refractivity contribution in [2.75, 3.05) is 26.4 Å². The van der Waals surface area contributed by atoms with Crippen molar-refractivity contribution in [2.24, 2.45) is 5.92 Å². The molecule has 0 aliphatic heterocycles. The molecule has 0 bridgehead atoms. The van der Waals surface area contributed by atoms with Crippen molar-refractivity contribution in [1.82, 2.24) is 0 Å². The lowest BCUT2D eigenvalue weighted by Gasteiger charge is -2.14. The van der Waals surface area contributed by atoms with Gasteiger partial charge in [0.1, 0.15) is 12.4 Å². The predicted octanol–water partition coefficient (Wildman–Crippen LogP) is 4.75. The average molecular weight is 425 g/mol. The molecule has 8 heteroatoms. The van der Waals surface area contributed by atoms with E-state index >= 15 is 0 Å². The molecule has 0 heterocycles. The SMILES string of the molecule is CCCCCCCCCCCC(=O)C(CC)COCCOOS(=O)(=O)OCC. The summed E-state index contributed by atoms with van der Waals surface area (Å²) in [7, 11) is -4.11. The van der Waals surface area contributed by atoms with Crippen molar-refractivity contribution >= 4 is 16.2 Å². The quantitative estimate of drug-likeness (QED) is 0.149. The zero-order chi connectivity index (χ0) is 21.1. The summed E-state index contributed by atoms with van der Waals surface area (Å²) >= 11 is 0. The van der Waals surface area contributed by atoms with Crippen molar-refractivity contribution in [2.45, 2.75) is 91.4 Å². The van der Waals surface area contributed by atoms with Crippen molar-refractivity contribution in [3.05, 3.63) is 0 Å². The molecule has 0 fully saturated rings. The smallest absolute Gasteiger partial charge is 0.378 e. The Morgan fingerprint density at radius 3 is 2.04 bits per heavy atom. The molecular formula is C20H40O7S. The standard InChI is InChI=1S/C20H40O7S/c1-4-7-8-9-10-11-12-13-14-15-20(21)19(5-2)18-24-16-17-25-27-28(22,23)26-6-3/h19H,4-18H2,1-3H3. The van der Waals surface area contributed by atoms with Crippen LogP contribution in [0.4, 0.5) is 0 Å². The van der Waals surface area contributed by atoms with Crippen LogP contribution >= 0.6 is 0 Å². The summed E-state index contributed by atoms with van der Waals surface area (Å²) in [6.07, 6.45) is 12.4. The minimum atomic E-state index is -4.11. The van der Waals surface area contributed by atoms with E-state index in [0.717, 1.165) is 19.3 Å². The van der Waals surface area contributed by atoms with Crippen molar-refractivity contribution in [1.29, 1.82) is 0 Å². The minimum absolute atomic E-state index is 0.0263. The van der Waals surface area contributed by atoms with Crippen LogP contribution in [-0.4, -0.2) is 40.6 Å². The fraction of sp³-hybridized carbons (Fsp3) is 0.950. The van der Waals surface area contributed by atoms with Crippen molar-refractivity contribution in [3.63, 3.8) is 0 Å². The second-order valence-electron chi connectivity index (χ2n) is 6.93. The summed E-state index contributed by atoms with van der Waals surface area (Å²) in [5.74, 6) is 0.114. The summed E-state index contributed by atoms with van der Waals surface area (Å²) in [5.41, 5.74) is 0. The third-order valence-electron chi connectivity index (χ3n) is 4.50. The third-order valence-corrected chi connectivity index (χ3v) is 5.29. The first-order valence-corrected chi connectivity index (χ1v) is 12.1. The number of carbonyl (C=O) groups is 1. The number of ketones is 1. The molecule has 0 aromatic heterocycles. The van der Waals surface area contributed by atoms with Gasteiger partial charge in [0.2, 0.25) is 0 Å². The second-order valence-corrected chi connectivity index (χ2v) is 8.12. The first-order chi connectivity index (χ1) is 13.5. The van der Waals surface area contributed by atoms with E-state index < -0.39 is 10.4 Å². The third kappa shape index (κ3) is 16.4. The number of unbranched alkanes of at least 4 members (excludes halogenated alkanes) is 8. The van der Waals surface area contributed by atoms with E-state index in [0.29, 0.717) is 13.0 Å². The van der Waals surface area contributed by atoms with Crippen LogP contribution in [0.25, 0.3) is 0 Å². The lowest BCUT2D eigenvalue weighted by atomic mass is 9.97. The molecule has 0 amide bonds. The van der Waals surface area contributed by atoms with Crippen molar-refractivity contribution in [3.8, 4) is 0 Å². The molecule has 0 aliphatic rings. The van der Waals surface area contributed by atoms with Gasteiger partial charge in [-0.15, -0.1) is 0 Å². The monoisotopic (exact) mass is 424 g/mol. The second kappa shape index (κ2) is 18.5. The molecule has 0 saturated carbocycles. The van der Waals surface area contributed by atoms with Crippen LogP contribution in [-0.2, 0) is 33.3 Å². The maximum atomic E-state index is 12.3. The Kier molecular flexibility index (Phi) is 18.1. The maximum absolute atomic E-state index is 12.3. The van der Waals surface area contributed by atoms with Crippen LogP contribution in [0.3, 0.4) is 0 Å². The maximum Gasteiger partial charge on any atom is 0.426 e. The number of ether oxygens (including phenoxy) is 1. The summed E-state index contributed by atoms with van der Waals surface area (Å²) in [6, 6.07) is 0. The normalized spacial score (nSPS) is 13.0. The van der Waals surface area contributed by atoms with E-state index in [4.69, 9.17) is 4.74 Å². The van der Waals surface area contributed by atoms with Gasteiger partial charge < -0.3 is 4.74 Å². The molecule has 0 saturated heterocycles. The summed E-state index contributed by atoms with van der Waals surface area (Å²) in [4.78, 5) is 16.8. The summed E-state index contributed by atoms with van der Waals surface area (Å²) in [6.45, 7) is 6.09.